The maximum Gasteiger partial charge on any atom is 0.00291 e. The standard InChI is InChI=1S/C3H7NS/c1-3(5)2-4/h2,5H,4H2,1H3/b3-2-. The minimum absolute atomic E-state index is 0.852. The van der Waals surface area contributed by atoms with Crippen LogP contribution in [0.1, 0.15) is 6.92 Å². The van der Waals surface area contributed by atoms with Crippen LogP contribution in [0.4, 0.5) is 0 Å². The van der Waals surface area contributed by atoms with Crippen molar-refractivity contribution in [3.05, 3.63) is 11.1 Å². The Bertz CT molecular complexity index is 44.9. The van der Waals surface area contributed by atoms with Crippen LogP contribution in [0, 0.1) is 0 Å². The molecule has 0 spiro atoms. The number of nitrogens with two attached hydrogens (primary N) is 1. The van der Waals surface area contributed by atoms with E-state index in [-0.39, 0.29) is 0 Å². The Morgan fingerprint density at radius 3 is 2.20 bits per heavy atom. The predicted octanol–water partition coefficient (Wildman–Crippen LogP) is 0.736. The summed E-state index contributed by atoms with van der Waals surface area (Å²) in [5, 5.41) is 0. The lowest BCUT2D eigenvalue weighted by molar-refractivity contribution is 1.53. The zero-order valence-electron chi connectivity index (χ0n) is 3.10. The van der Waals surface area contributed by atoms with Gasteiger partial charge in [-0.25, -0.2) is 0 Å². The molecular weight excluding hydrogens is 82.1 g/mol. The molecule has 0 saturated carbocycles. The van der Waals surface area contributed by atoms with E-state index in [2.05, 4.69) is 12.6 Å². The molecule has 30 valence electrons. The van der Waals surface area contributed by atoms with Gasteiger partial charge in [-0.3, -0.25) is 0 Å². The molecule has 0 heterocycles. The molecule has 0 amide bonds. The maximum atomic E-state index is 4.93. The molecule has 0 aliphatic heterocycles. The highest BCUT2D eigenvalue weighted by Gasteiger charge is 1.62. The molecule has 0 aromatic rings. The second kappa shape index (κ2) is 2.15. The quantitative estimate of drug-likeness (QED) is 0.420. The van der Waals surface area contributed by atoms with Crippen molar-refractivity contribution in [2.45, 2.75) is 6.92 Å². The van der Waals surface area contributed by atoms with Gasteiger partial charge < -0.3 is 5.73 Å². The van der Waals surface area contributed by atoms with Gasteiger partial charge in [0.05, 0.1) is 0 Å². The SMILES string of the molecule is C/C(S)=C/N. The van der Waals surface area contributed by atoms with Gasteiger partial charge in [-0.15, -0.1) is 12.6 Å². The summed E-state index contributed by atoms with van der Waals surface area (Å²) in [5.41, 5.74) is 4.93. The molecule has 5 heavy (non-hydrogen) atoms. The van der Waals surface area contributed by atoms with Crippen molar-refractivity contribution in [1.29, 1.82) is 0 Å². The lowest BCUT2D eigenvalue weighted by atomic mass is 10.7. The van der Waals surface area contributed by atoms with Crippen molar-refractivity contribution in [2.24, 2.45) is 5.73 Å². The van der Waals surface area contributed by atoms with Gasteiger partial charge in [0.25, 0.3) is 0 Å². The van der Waals surface area contributed by atoms with Crippen molar-refractivity contribution in [3.63, 3.8) is 0 Å². The predicted molar refractivity (Wildman–Crippen MR) is 26.9 cm³/mol. The summed E-state index contributed by atoms with van der Waals surface area (Å²) in [6, 6.07) is 0. The van der Waals surface area contributed by atoms with E-state index in [0.717, 1.165) is 4.91 Å². The van der Waals surface area contributed by atoms with Crippen LogP contribution >= 0.6 is 12.6 Å². The van der Waals surface area contributed by atoms with Crippen LogP contribution in [0.5, 0.6) is 0 Å². The van der Waals surface area contributed by atoms with Gasteiger partial charge in [0.1, 0.15) is 0 Å². The Kier molecular flexibility index (Phi) is 2.10. The number of allylic oxidation sites excluding steroid dienone is 1. The van der Waals surface area contributed by atoms with Crippen LogP contribution in [-0.2, 0) is 0 Å². The molecule has 0 rings (SSSR count). The Balaban J connectivity index is 3.14. The molecule has 0 bridgehead atoms. The number of hydrogen-bond acceptors (Lipinski definition) is 2. The van der Waals surface area contributed by atoms with Crippen molar-refractivity contribution < 1.29 is 0 Å². The van der Waals surface area contributed by atoms with Crippen LogP contribution < -0.4 is 5.73 Å². The number of rotatable bonds is 0. The fourth-order valence-electron chi connectivity index (χ4n) is 0. The molecule has 1 nitrogen and oxygen atoms in total. The van der Waals surface area contributed by atoms with Gasteiger partial charge in [0.15, 0.2) is 0 Å². The first-order valence-electron chi connectivity index (χ1n) is 1.35. The van der Waals surface area contributed by atoms with Gasteiger partial charge in [0, 0.05) is 6.20 Å². The zero-order chi connectivity index (χ0) is 4.28. The minimum atomic E-state index is 0.852. The molecule has 2 N–H and O–H groups in total. The van der Waals surface area contributed by atoms with Crippen LogP contribution in [0.2, 0.25) is 0 Å². The first-order chi connectivity index (χ1) is 2.27. The van der Waals surface area contributed by atoms with Crippen LogP contribution in [0.3, 0.4) is 0 Å². The molecule has 0 atom stereocenters. The first-order valence-corrected chi connectivity index (χ1v) is 1.79. The highest BCUT2D eigenvalue weighted by Crippen LogP contribution is 1.89. The Morgan fingerprint density at radius 1 is 2.00 bits per heavy atom. The summed E-state index contributed by atoms with van der Waals surface area (Å²) in [7, 11) is 0. The molecule has 0 unspecified atom stereocenters. The highest BCUT2D eigenvalue weighted by atomic mass is 32.1. The topological polar surface area (TPSA) is 26.0 Å². The maximum absolute atomic E-state index is 4.93. The van der Waals surface area contributed by atoms with Crippen molar-refractivity contribution in [3.8, 4) is 0 Å². The summed E-state index contributed by atoms with van der Waals surface area (Å²) in [5.74, 6) is 0. The monoisotopic (exact) mass is 89.0 g/mol. The molecule has 0 aliphatic carbocycles. The number of hydrogen-bond donors (Lipinski definition) is 2. The fourth-order valence-corrected chi connectivity index (χ4v) is 0. The third-order valence-electron chi connectivity index (χ3n) is 0.241. The average molecular weight is 89.2 g/mol. The van der Waals surface area contributed by atoms with E-state index < -0.39 is 0 Å². The molecule has 2 heteroatoms. The van der Waals surface area contributed by atoms with Crippen LogP contribution in [-0.4, -0.2) is 0 Å². The van der Waals surface area contributed by atoms with Gasteiger partial charge in [-0.2, -0.15) is 0 Å². The summed E-state index contributed by atoms with van der Waals surface area (Å²) in [6.45, 7) is 1.82. The lowest BCUT2D eigenvalue weighted by Gasteiger charge is -1.73. The van der Waals surface area contributed by atoms with Gasteiger partial charge in [-0.1, -0.05) is 0 Å². The third kappa shape index (κ3) is 3.89. The fraction of sp³-hybridized carbons (Fsp3) is 0.333. The summed E-state index contributed by atoms with van der Waals surface area (Å²) in [4.78, 5) is 0.852. The Hall–Kier alpha value is -0.110. The molecule has 0 aromatic heterocycles. The van der Waals surface area contributed by atoms with Crippen LogP contribution in [0.25, 0.3) is 0 Å². The van der Waals surface area contributed by atoms with Crippen molar-refractivity contribution >= 4 is 12.6 Å². The van der Waals surface area contributed by atoms with Crippen molar-refractivity contribution in [1.82, 2.24) is 0 Å². The second-order valence-corrected chi connectivity index (χ2v) is 1.51. The van der Waals surface area contributed by atoms with E-state index in [1.165, 1.54) is 6.20 Å². The zero-order valence-corrected chi connectivity index (χ0v) is 4.00. The van der Waals surface area contributed by atoms with Crippen LogP contribution in [0.15, 0.2) is 11.1 Å². The molecular formula is C3H7NS. The van der Waals surface area contributed by atoms with E-state index in [1.807, 2.05) is 6.92 Å². The Labute approximate surface area is 37.3 Å². The molecule has 0 radical (unpaired) electrons. The largest absolute Gasteiger partial charge is 0.404 e. The lowest BCUT2D eigenvalue weighted by Crippen LogP contribution is -1.75. The Morgan fingerprint density at radius 2 is 2.20 bits per heavy atom. The molecule has 0 aromatic carbocycles. The van der Waals surface area contributed by atoms with E-state index in [1.54, 1.807) is 0 Å². The van der Waals surface area contributed by atoms with E-state index >= 15 is 0 Å². The van der Waals surface area contributed by atoms with E-state index in [0.29, 0.717) is 0 Å². The molecule has 0 fully saturated rings. The molecule has 0 saturated heterocycles. The summed E-state index contributed by atoms with van der Waals surface area (Å²) in [6.07, 6.45) is 1.45. The molecule has 0 aliphatic rings. The van der Waals surface area contributed by atoms with Gasteiger partial charge in [-0.05, 0) is 11.8 Å². The van der Waals surface area contributed by atoms with E-state index in [9.17, 15) is 0 Å². The first kappa shape index (κ1) is 4.89. The smallest absolute Gasteiger partial charge is 0.00291 e. The van der Waals surface area contributed by atoms with Gasteiger partial charge >= 0.3 is 0 Å². The summed E-state index contributed by atoms with van der Waals surface area (Å²) < 4.78 is 0. The van der Waals surface area contributed by atoms with Gasteiger partial charge in [0.2, 0.25) is 0 Å². The minimum Gasteiger partial charge on any atom is -0.404 e. The second-order valence-electron chi connectivity index (χ2n) is 0.808. The van der Waals surface area contributed by atoms with E-state index in [4.69, 9.17) is 5.73 Å². The highest BCUT2D eigenvalue weighted by molar-refractivity contribution is 7.84. The normalized spacial score (nSPS) is 12.0. The third-order valence-corrected chi connectivity index (χ3v) is 0.390. The average Bonchev–Trinajstić information content (AvgIpc) is 1.38. The number of thiol groups is 1. The summed E-state index contributed by atoms with van der Waals surface area (Å²) >= 11 is 3.83. The van der Waals surface area contributed by atoms with Crippen molar-refractivity contribution in [2.75, 3.05) is 0 Å².